The third kappa shape index (κ3) is 3.20. The van der Waals surface area contributed by atoms with Crippen molar-refractivity contribution in [3.05, 3.63) is 76.0 Å². The Morgan fingerprint density at radius 3 is 2.50 bits per heavy atom. The third-order valence-electron chi connectivity index (χ3n) is 6.39. The Bertz CT molecular complexity index is 1390. The smallest absolute Gasteiger partial charge is 0.328 e. The molecule has 1 aliphatic heterocycles. The zero-order valence-electron chi connectivity index (χ0n) is 18.3. The van der Waals surface area contributed by atoms with Crippen molar-refractivity contribution in [3.63, 3.8) is 0 Å². The molecule has 1 aliphatic rings. The van der Waals surface area contributed by atoms with Gasteiger partial charge in [-0.2, -0.15) is 0 Å². The molecule has 32 heavy (non-hydrogen) atoms. The quantitative estimate of drug-likeness (QED) is 0.441. The minimum Gasteiger partial charge on any atom is -0.341 e. The van der Waals surface area contributed by atoms with Crippen LogP contribution in [0.2, 0.25) is 0 Å². The maximum atomic E-state index is 14.1. The minimum absolute atomic E-state index is 0.00879. The maximum Gasteiger partial charge on any atom is 0.328 e. The molecule has 3 heterocycles. The lowest BCUT2D eigenvalue weighted by atomic mass is 9.92. The normalized spacial score (nSPS) is 13.8. The molecule has 7 heteroatoms. The molecule has 2 aromatic carbocycles. The summed E-state index contributed by atoms with van der Waals surface area (Å²) in [5, 5.41) is 0. The Morgan fingerprint density at radius 2 is 1.78 bits per heavy atom. The van der Waals surface area contributed by atoms with Crippen molar-refractivity contribution in [2.75, 3.05) is 11.4 Å². The van der Waals surface area contributed by atoms with Gasteiger partial charge in [-0.25, -0.2) is 13.6 Å². The summed E-state index contributed by atoms with van der Waals surface area (Å²) in [5.41, 5.74) is 6.40. The molecule has 0 aliphatic carbocycles. The molecule has 5 rings (SSSR count). The van der Waals surface area contributed by atoms with Crippen LogP contribution in [-0.2, 0) is 20.5 Å². The number of fused-ring (bicyclic) bond motifs is 2. The van der Waals surface area contributed by atoms with Crippen LogP contribution in [0.4, 0.5) is 20.2 Å². The number of anilines is 2. The van der Waals surface area contributed by atoms with E-state index >= 15 is 0 Å². The van der Waals surface area contributed by atoms with Crippen LogP contribution in [0.3, 0.4) is 0 Å². The third-order valence-corrected chi connectivity index (χ3v) is 6.39. The average molecular weight is 434 g/mol. The lowest BCUT2D eigenvalue weighted by Gasteiger charge is -2.32. The lowest BCUT2D eigenvalue weighted by molar-refractivity contribution is 0.152. The fourth-order valence-corrected chi connectivity index (χ4v) is 4.64. The van der Waals surface area contributed by atoms with Crippen molar-refractivity contribution in [3.8, 4) is 11.1 Å². The summed E-state index contributed by atoms with van der Waals surface area (Å²) in [6.45, 7) is 2.61. The van der Waals surface area contributed by atoms with E-state index in [-0.39, 0.29) is 11.3 Å². The fraction of sp³-hybridized carbons (Fsp3) is 0.280. The standard InChI is InChI=1S/C25H24F2N4O/c1-15-6-7-17(14-28-15)19-11-16-5-4-10-31(22(16)13-20(19)24(26)27)18-8-9-21-23(12-18)30(3)25(32)29(21)2/h6-9,11-14,24H,4-5,10H2,1-3H3. The van der Waals surface area contributed by atoms with Gasteiger partial charge in [0, 0.05) is 55.0 Å². The van der Waals surface area contributed by atoms with Crippen LogP contribution in [0.25, 0.3) is 22.2 Å². The Morgan fingerprint density at radius 1 is 1.00 bits per heavy atom. The molecule has 5 nitrogen and oxygen atoms in total. The zero-order valence-corrected chi connectivity index (χ0v) is 18.3. The average Bonchev–Trinajstić information content (AvgIpc) is 3.01. The number of hydrogen-bond acceptors (Lipinski definition) is 3. The molecule has 0 atom stereocenters. The Labute approximate surface area is 184 Å². The van der Waals surface area contributed by atoms with Gasteiger partial charge < -0.3 is 4.90 Å². The lowest BCUT2D eigenvalue weighted by Crippen LogP contribution is -2.25. The Hall–Kier alpha value is -3.48. The SMILES string of the molecule is Cc1ccc(-c2cc3c(cc2C(F)F)N(c2ccc4c(c2)n(C)c(=O)n4C)CCC3)cn1. The summed E-state index contributed by atoms with van der Waals surface area (Å²) >= 11 is 0. The molecule has 164 valence electrons. The largest absolute Gasteiger partial charge is 0.341 e. The highest BCUT2D eigenvalue weighted by Gasteiger charge is 2.25. The molecule has 0 unspecified atom stereocenters. The van der Waals surface area contributed by atoms with E-state index in [9.17, 15) is 13.6 Å². The van der Waals surface area contributed by atoms with E-state index in [1.54, 1.807) is 35.5 Å². The highest BCUT2D eigenvalue weighted by Crippen LogP contribution is 2.41. The number of alkyl halides is 2. The minimum atomic E-state index is -2.60. The first kappa shape index (κ1) is 20.4. The molecule has 4 aromatic rings. The van der Waals surface area contributed by atoms with E-state index in [4.69, 9.17) is 0 Å². The number of pyridine rings is 1. The van der Waals surface area contributed by atoms with Gasteiger partial charge in [-0.05, 0) is 67.3 Å². The second kappa shape index (κ2) is 7.58. The summed E-state index contributed by atoms with van der Waals surface area (Å²) in [7, 11) is 3.49. The summed E-state index contributed by atoms with van der Waals surface area (Å²) in [5.74, 6) is 0. The molecular formula is C25H24F2N4O. The zero-order chi connectivity index (χ0) is 22.6. The number of imidazole rings is 1. The van der Waals surface area contributed by atoms with Crippen molar-refractivity contribution >= 4 is 22.4 Å². The number of nitrogens with zero attached hydrogens (tertiary/aromatic N) is 4. The van der Waals surface area contributed by atoms with Crippen LogP contribution >= 0.6 is 0 Å². The van der Waals surface area contributed by atoms with Crippen molar-refractivity contribution in [2.24, 2.45) is 14.1 Å². The van der Waals surface area contributed by atoms with Crippen LogP contribution in [0, 0.1) is 6.92 Å². The van der Waals surface area contributed by atoms with Gasteiger partial charge in [0.2, 0.25) is 0 Å². The second-order valence-electron chi connectivity index (χ2n) is 8.39. The van der Waals surface area contributed by atoms with Crippen LogP contribution < -0.4 is 10.6 Å². The van der Waals surface area contributed by atoms with Gasteiger partial charge in [0.15, 0.2) is 0 Å². The van der Waals surface area contributed by atoms with Gasteiger partial charge in [0.1, 0.15) is 0 Å². The topological polar surface area (TPSA) is 43.1 Å². The van der Waals surface area contributed by atoms with Crippen molar-refractivity contribution < 1.29 is 8.78 Å². The fourth-order valence-electron chi connectivity index (χ4n) is 4.64. The predicted molar refractivity (Wildman–Crippen MR) is 123 cm³/mol. The summed E-state index contributed by atoms with van der Waals surface area (Å²) < 4.78 is 31.5. The van der Waals surface area contributed by atoms with Crippen molar-refractivity contribution in [2.45, 2.75) is 26.2 Å². The maximum absolute atomic E-state index is 14.1. The summed E-state index contributed by atoms with van der Waals surface area (Å²) in [4.78, 5) is 18.7. The van der Waals surface area contributed by atoms with E-state index < -0.39 is 6.43 Å². The highest BCUT2D eigenvalue weighted by atomic mass is 19.3. The van der Waals surface area contributed by atoms with Gasteiger partial charge in [-0.3, -0.25) is 14.1 Å². The predicted octanol–water partition coefficient (Wildman–Crippen LogP) is 5.27. The molecule has 0 amide bonds. The van der Waals surface area contributed by atoms with Crippen LogP contribution in [0.15, 0.2) is 53.5 Å². The van der Waals surface area contributed by atoms with Gasteiger partial charge in [0.05, 0.1) is 11.0 Å². The first-order valence-electron chi connectivity index (χ1n) is 10.7. The van der Waals surface area contributed by atoms with Crippen LogP contribution in [0.1, 0.15) is 29.7 Å². The number of hydrogen-bond donors (Lipinski definition) is 0. The summed E-state index contributed by atoms with van der Waals surface area (Å²) in [6.07, 6.45) is 0.803. The molecule has 0 saturated carbocycles. The second-order valence-corrected chi connectivity index (χ2v) is 8.39. The molecule has 2 aromatic heterocycles. The van der Waals surface area contributed by atoms with Crippen LogP contribution in [-0.4, -0.2) is 20.7 Å². The van der Waals surface area contributed by atoms with Gasteiger partial charge in [-0.1, -0.05) is 6.07 Å². The Balaban J connectivity index is 1.66. The molecule has 0 spiro atoms. The van der Waals surface area contributed by atoms with E-state index in [1.165, 1.54) is 0 Å². The Kier molecular flexibility index (Phi) is 4.84. The number of benzene rings is 2. The van der Waals surface area contributed by atoms with Crippen LogP contribution in [0.5, 0.6) is 0 Å². The number of rotatable bonds is 3. The number of aryl methyl sites for hydroxylation is 4. The monoisotopic (exact) mass is 434 g/mol. The van der Waals surface area contributed by atoms with E-state index in [2.05, 4.69) is 9.88 Å². The molecule has 0 bridgehead atoms. The van der Waals surface area contributed by atoms with E-state index in [0.29, 0.717) is 11.1 Å². The first-order chi connectivity index (χ1) is 15.3. The molecule has 0 N–H and O–H groups in total. The summed E-state index contributed by atoms with van der Waals surface area (Å²) in [6, 6.07) is 13.0. The number of halogens is 2. The molecule has 0 saturated heterocycles. The molecule has 0 radical (unpaired) electrons. The van der Waals surface area contributed by atoms with E-state index in [0.717, 1.165) is 53.1 Å². The van der Waals surface area contributed by atoms with Gasteiger partial charge in [-0.15, -0.1) is 0 Å². The molecule has 0 fully saturated rings. The van der Waals surface area contributed by atoms with Crippen molar-refractivity contribution in [1.29, 1.82) is 0 Å². The first-order valence-corrected chi connectivity index (χ1v) is 10.7. The van der Waals surface area contributed by atoms with Gasteiger partial charge >= 0.3 is 5.69 Å². The van der Waals surface area contributed by atoms with Crippen molar-refractivity contribution in [1.82, 2.24) is 14.1 Å². The highest BCUT2D eigenvalue weighted by molar-refractivity contribution is 5.84. The van der Waals surface area contributed by atoms with E-state index in [1.807, 2.05) is 43.3 Å². The molecular weight excluding hydrogens is 410 g/mol. The number of aromatic nitrogens is 3. The van der Waals surface area contributed by atoms with Gasteiger partial charge in [0.25, 0.3) is 6.43 Å².